The summed E-state index contributed by atoms with van der Waals surface area (Å²) in [5.41, 5.74) is 1.36. The molecule has 1 aromatic heterocycles. The smallest absolute Gasteiger partial charge is 0.255 e. The van der Waals surface area contributed by atoms with Crippen LogP contribution in [0.5, 0.6) is 0 Å². The molecule has 2 aromatic carbocycles. The Bertz CT molecular complexity index is 959. The minimum atomic E-state index is -0.107. The van der Waals surface area contributed by atoms with Gasteiger partial charge in [0, 0.05) is 23.7 Å². The van der Waals surface area contributed by atoms with Crippen molar-refractivity contribution in [1.29, 1.82) is 0 Å². The number of piperidine rings is 1. The molecule has 0 radical (unpaired) electrons. The van der Waals surface area contributed by atoms with Gasteiger partial charge in [-0.15, -0.1) is 0 Å². The molecule has 0 bridgehead atoms. The molecule has 7 heteroatoms. The van der Waals surface area contributed by atoms with E-state index in [0.29, 0.717) is 40.4 Å². The van der Waals surface area contributed by atoms with Gasteiger partial charge in [0.2, 0.25) is 11.7 Å². The minimum Gasteiger partial charge on any atom is -0.339 e. The number of nitrogens with zero attached hydrogens (tertiary/aromatic N) is 3. The number of amides is 1. The Kier molecular flexibility index (Phi) is 5.14. The van der Waals surface area contributed by atoms with Crippen molar-refractivity contribution in [3.63, 3.8) is 0 Å². The average Bonchev–Trinajstić information content (AvgIpc) is 3.19. The van der Waals surface area contributed by atoms with Crippen LogP contribution in [-0.2, 0) is 0 Å². The predicted octanol–water partition coefficient (Wildman–Crippen LogP) is 5.06. The summed E-state index contributed by atoms with van der Waals surface area (Å²) in [5, 5.41) is 4.95. The van der Waals surface area contributed by atoms with Crippen molar-refractivity contribution in [2.75, 3.05) is 13.1 Å². The van der Waals surface area contributed by atoms with Crippen LogP contribution in [0.25, 0.3) is 11.4 Å². The summed E-state index contributed by atoms with van der Waals surface area (Å²) in [6.45, 7) is 1.20. The van der Waals surface area contributed by atoms with Gasteiger partial charge in [0.25, 0.3) is 5.91 Å². The fraction of sp³-hybridized carbons (Fsp3) is 0.250. The first-order valence-corrected chi connectivity index (χ1v) is 9.51. The molecule has 138 valence electrons. The van der Waals surface area contributed by atoms with Gasteiger partial charge in [-0.25, -0.2) is 0 Å². The first kappa shape index (κ1) is 18.0. The van der Waals surface area contributed by atoms with Crippen molar-refractivity contribution in [3.05, 3.63) is 70.0 Å². The number of rotatable bonds is 3. The molecule has 1 amide bonds. The van der Waals surface area contributed by atoms with E-state index < -0.39 is 0 Å². The van der Waals surface area contributed by atoms with Gasteiger partial charge in [0.05, 0.1) is 16.5 Å². The second kappa shape index (κ2) is 7.71. The maximum atomic E-state index is 12.9. The highest BCUT2D eigenvalue weighted by Gasteiger charge is 2.30. The van der Waals surface area contributed by atoms with E-state index in [9.17, 15) is 4.79 Å². The molecule has 0 spiro atoms. The predicted molar refractivity (Wildman–Crippen MR) is 104 cm³/mol. The third-order valence-corrected chi connectivity index (χ3v) is 5.24. The maximum absolute atomic E-state index is 12.9. The number of carbonyl (C=O) groups excluding carboxylic acids is 1. The standard InChI is InChI=1S/C20H17Cl2N3O2/c21-15-8-9-16(17(22)11-15)20(26)25-10-4-7-14(12-25)19-23-18(24-27-19)13-5-2-1-3-6-13/h1-3,5-6,8-9,11,14H,4,7,10,12H2. The van der Waals surface area contributed by atoms with E-state index in [1.54, 1.807) is 23.1 Å². The van der Waals surface area contributed by atoms with Crippen molar-refractivity contribution < 1.29 is 9.32 Å². The van der Waals surface area contributed by atoms with Crippen LogP contribution in [-0.4, -0.2) is 34.0 Å². The van der Waals surface area contributed by atoms with E-state index in [4.69, 9.17) is 27.7 Å². The summed E-state index contributed by atoms with van der Waals surface area (Å²) >= 11 is 12.1. The number of likely N-dealkylation sites (tertiary alicyclic amines) is 1. The Balaban J connectivity index is 1.51. The van der Waals surface area contributed by atoms with Gasteiger partial charge in [-0.2, -0.15) is 4.98 Å². The van der Waals surface area contributed by atoms with Crippen molar-refractivity contribution in [2.45, 2.75) is 18.8 Å². The van der Waals surface area contributed by atoms with Crippen LogP contribution >= 0.6 is 23.2 Å². The van der Waals surface area contributed by atoms with E-state index in [0.717, 1.165) is 18.4 Å². The molecular weight excluding hydrogens is 385 g/mol. The van der Waals surface area contributed by atoms with Gasteiger partial charge in [-0.05, 0) is 31.0 Å². The first-order valence-electron chi connectivity index (χ1n) is 8.75. The third kappa shape index (κ3) is 3.84. The van der Waals surface area contributed by atoms with E-state index in [1.807, 2.05) is 30.3 Å². The van der Waals surface area contributed by atoms with E-state index in [2.05, 4.69) is 10.1 Å². The Labute approximate surface area is 166 Å². The monoisotopic (exact) mass is 401 g/mol. The van der Waals surface area contributed by atoms with Crippen LogP contribution in [0.15, 0.2) is 53.1 Å². The second-order valence-electron chi connectivity index (χ2n) is 6.54. The largest absolute Gasteiger partial charge is 0.339 e. The molecule has 0 N–H and O–H groups in total. The van der Waals surface area contributed by atoms with Crippen LogP contribution in [0.3, 0.4) is 0 Å². The minimum absolute atomic E-state index is 0.0127. The highest BCUT2D eigenvalue weighted by Crippen LogP contribution is 2.30. The molecule has 0 aliphatic carbocycles. The Morgan fingerprint density at radius 1 is 1.15 bits per heavy atom. The van der Waals surface area contributed by atoms with Gasteiger partial charge in [-0.3, -0.25) is 4.79 Å². The first-order chi connectivity index (χ1) is 13.1. The molecule has 1 fully saturated rings. The van der Waals surface area contributed by atoms with Crippen LogP contribution in [0, 0.1) is 0 Å². The zero-order chi connectivity index (χ0) is 18.8. The molecule has 1 aliphatic rings. The Morgan fingerprint density at radius 3 is 2.74 bits per heavy atom. The molecule has 2 heterocycles. The van der Waals surface area contributed by atoms with Crippen LogP contribution < -0.4 is 0 Å². The fourth-order valence-electron chi connectivity index (χ4n) is 3.30. The van der Waals surface area contributed by atoms with Gasteiger partial charge in [0.15, 0.2) is 0 Å². The van der Waals surface area contributed by atoms with E-state index in [-0.39, 0.29) is 11.8 Å². The summed E-state index contributed by atoms with van der Waals surface area (Å²) in [5.74, 6) is 1.03. The molecule has 27 heavy (non-hydrogen) atoms. The number of aromatic nitrogens is 2. The molecule has 5 nitrogen and oxygen atoms in total. The van der Waals surface area contributed by atoms with E-state index >= 15 is 0 Å². The summed E-state index contributed by atoms with van der Waals surface area (Å²) in [6, 6.07) is 14.6. The zero-order valence-corrected chi connectivity index (χ0v) is 16.0. The summed E-state index contributed by atoms with van der Waals surface area (Å²) in [6.07, 6.45) is 1.76. The molecule has 1 atom stereocenters. The topological polar surface area (TPSA) is 59.2 Å². The average molecular weight is 402 g/mol. The van der Waals surface area contributed by atoms with Gasteiger partial charge < -0.3 is 9.42 Å². The molecule has 0 saturated carbocycles. The normalized spacial score (nSPS) is 17.1. The molecular formula is C20H17Cl2N3O2. The highest BCUT2D eigenvalue weighted by atomic mass is 35.5. The number of benzene rings is 2. The fourth-order valence-corrected chi connectivity index (χ4v) is 3.79. The lowest BCUT2D eigenvalue weighted by Gasteiger charge is -2.31. The van der Waals surface area contributed by atoms with Crippen molar-refractivity contribution >= 4 is 29.1 Å². The van der Waals surface area contributed by atoms with Gasteiger partial charge in [-0.1, -0.05) is 58.7 Å². The lowest BCUT2D eigenvalue weighted by molar-refractivity contribution is 0.0696. The van der Waals surface area contributed by atoms with Crippen LogP contribution in [0.4, 0.5) is 0 Å². The molecule has 1 unspecified atom stereocenters. The van der Waals surface area contributed by atoms with Crippen LogP contribution in [0.2, 0.25) is 10.0 Å². The lowest BCUT2D eigenvalue weighted by Crippen LogP contribution is -2.39. The van der Waals surface area contributed by atoms with Crippen molar-refractivity contribution in [2.24, 2.45) is 0 Å². The molecule has 1 aliphatic heterocycles. The second-order valence-corrected chi connectivity index (χ2v) is 7.38. The maximum Gasteiger partial charge on any atom is 0.255 e. The number of hydrogen-bond donors (Lipinski definition) is 0. The zero-order valence-electron chi connectivity index (χ0n) is 14.4. The van der Waals surface area contributed by atoms with Crippen LogP contribution in [0.1, 0.15) is 35.0 Å². The Hall–Kier alpha value is -2.37. The highest BCUT2D eigenvalue weighted by molar-refractivity contribution is 6.36. The number of hydrogen-bond acceptors (Lipinski definition) is 4. The quantitative estimate of drug-likeness (QED) is 0.614. The summed E-state index contributed by atoms with van der Waals surface area (Å²) in [4.78, 5) is 19.2. The van der Waals surface area contributed by atoms with E-state index in [1.165, 1.54) is 0 Å². The SMILES string of the molecule is O=C(c1ccc(Cl)cc1Cl)N1CCCC(c2nc(-c3ccccc3)no2)C1. The number of halogens is 2. The number of carbonyl (C=O) groups is 1. The van der Waals surface area contributed by atoms with Crippen molar-refractivity contribution in [1.82, 2.24) is 15.0 Å². The molecule has 1 saturated heterocycles. The lowest BCUT2D eigenvalue weighted by atomic mass is 9.97. The van der Waals surface area contributed by atoms with Crippen molar-refractivity contribution in [3.8, 4) is 11.4 Å². The molecule has 3 aromatic rings. The Morgan fingerprint density at radius 2 is 1.96 bits per heavy atom. The summed E-state index contributed by atoms with van der Waals surface area (Å²) < 4.78 is 5.49. The summed E-state index contributed by atoms with van der Waals surface area (Å²) in [7, 11) is 0. The third-order valence-electron chi connectivity index (χ3n) is 4.69. The van der Waals surface area contributed by atoms with Gasteiger partial charge in [0.1, 0.15) is 0 Å². The molecule has 4 rings (SSSR count). The van der Waals surface area contributed by atoms with Gasteiger partial charge >= 0.3 is 0 Å².